The number of anilines is 1. The van der Waals surface area contributed by atoms with Crippen molar-refractivity contribution in [3.8, 4) is 5.69 Å². The molecular formula is C24H20ClN3O2S. The molecule has 0 saturated carbocycles. The van der Waals surface area contributed by atoms with Gasteiger partial charge in [0.2, 0.25) is 5.91 Å². The van der Waals surface area contributed by atoms with Gasteiger partial charge < -0.3 is 5.32 Å². The minimum Gasteiger partial charge on any atom is -0.325 e. The fraction of sp³-hybridized carbons (Fsp3) is 0.125. The lowest BCUT2D eigenvalue weighted by molar-refractivity contribution is -0.113. The van der Waals surface area contributed by atoms with Crippen molar-refractivity contribution in [3.05, 3.63) is 93.2 Å². The number of carbonyl (C=O) groups excluding carboxylic acids is 1. The molecule has 0 radical (unpaired) electrons. The molecule has 1 amide bonds. The molecule has 3 aromatic carbocycles. The Balaban J connectivity index is 1.70. The number of halogens is 1. The van der Waals surface area contributed by atoms with E-state index in [9.17, 15) is 9.59 Å². The van der Waals surface area contributed by atoms with Crippen molar-refractivity contribution in [1.82, 2.24) is 9.55 Å². The zero-order chi connectivity index (χ0) is 22.0. The van der Waals surface area contributed by atoms with Gasteiger partial charge in [0.25, 0.3) is 5.56 Å². The van der Waals surface area contributed by atoms with Crippen LogP contribution in [0, 0.1) is 13.8 Å². The lowest BCUT2D eigenvalue weighted by Crippen LogP contribution is -2.23. The Bertz CT molecular complexity index is 1350. The Morgan fingerprint density at radius 1 is 1.03 bits per heavy atom. The molecular weight excluding hydrogens is 430 g/mol. The zero-order valence-electron chi connectivity index (χ0n) is 17.1. The molecule has 1 N–H and O–H groups in total. The van der Waals surface area contributed by atoms with Gasteiger partial charge in [0, 0.05) is 10.7 Å². The number of para-hydroxylation sites is 2. The van der Waals surface area contributed by atoms with Gasteiger partial charge in [-0.15, -0.1) is 0 Å². The Kier molecular flexibility index (Phi) is 6.11. The molecule has 0 bridgehead atoms. The first-order valence-corrected chi connectivity index (χ1v) is 11.1. The molecule has 7 heteroatoms. The number of fused-ring (bicyclic) bond motifs is 1. The van der Waals surface area contributed by atoms with E-state index in [1.807, 2.05) is 56.3 Å². The number of hydrogen-bond donors (Lipinski definition) is 1. The minimum absolute atomic E-state index is 0.110. The monoisotopic (exact) mass is 449 g/mol. The summed E-state index contributed by atoms with van der Waals surface area (Å²) >= 11 is 7.52. The second kappa shape index (κ2) is 8.96. The summed E-state index contributed by atoms with van der Waals surface area (Å²) in [5, 5.41) is 4.41. The predicted molar refractivity (Wildman–Crippen MR) is 128 cm³/mol. The Morgan fingerprint density at radius 2 is 1.77 bits per heavy atom. The Hall–Kier alpha value is -3.09. The molecule has 0 fully saturated rings. The maximum atomic E-state index is 13.3. The molecule has 0 aliphatic carbocycles. The second-order valence-corrected chi connectivity index (χ2v) is 8.49. The van der Waals surface area contributed by atoms with Gasteiger partial charge in [-0.1, -0.05) is 59.8 Å². The molecule has 4 aromatic rings. The second-order valence-electron chi connectivity index (χ2n) is 7.14. The molecule has 0 aliphatic heterocycles. The summed E-state index contributed by atoms with van der Waals surface area (Å²) in [5.41, 5.74) is 3.66. The van der Waals surface area contributed by atoms with Gasteiger partial charge in [0.15, 0.2) is 5.16 Å². The minimum atomic E-state index is -0.202. The number of amides is 1. The molecule has 4 rings (SSSR count). The first-order chi connectivity index (χ1) is 14.9. The van der Waals surface area contributed by atoms with Crippen LogP contribution in [0.2, 0.25) is 5.02 Å². The average Bonchev–Trinajstić information content (AvgIpc) is 2.76. The van der Waals surface area contributed by atoms with Crippen LogP contribution in [0.1, 0.15) is 11.1 Å². The maximum absolute atomic E-state index is 13.3. The third-order valence-electron chi connectivity index (χ3n) is 4.91. The van der Waals surface area contributed by atoms with Gasteiger partial charge in [0.1, 0.15) is 0 Å². The van der Waals surface area contributed by atoms with Gasteiger partial charge in [-0.2, -0.15) is 0 Å². The Morgan fingerprint density at radius 3 is 2.55 bits per heavy atom. The molecule has 5 nitrogen and oxygen atoms in total. The average molecular weight is 450 g/mol. The maximum Gasteiger partial charge on any atom is 0.266 e. The molecule has 156 valence electrons. The van der Waals surface area contributed by atoms with Crippen molar-refractivity contribution in [2.75, 3.05) is 11.1 Å². The number of thioether (sulfide) groups is 1. The molecule has 0 spiro atoms. The molecule has 0 atom stereocenters. The number of nitrogens with one attached hydrogen (secondary N) is 1. The molecule has 31 heavy (non-hydrogen) atoms. The summed E-state index contributed by atoms with van der Waals surface area (Å²) in [7, 11) is 0. The number of aryl methyl sites for hydroxylation is 2. The molecule has 0 aliphatic rings. The van der Waals surface area contributed by atoms with Crippen LogP contribution in [0.5, 0.6) is 0 Å². The van der Waals surface area contributed by atoms with Crippen molar-refractivity contribution in [2.24, 2.45) is 0 Å². The van der Waals surface area contributed by atoms with Crippen LogP contribution in [0.25, 0.3) is 16.6 Å². The fourth-order valence-corrected chi connectivity index (χ4v) is 4.17. The smallest absolute Gasteiger partial charge is 0.266 e. The summed E-state index contributed by atoms with van der Waals surface area (Å²) in [6, 6.07) is 20.2. The van der Waals surface area contributed by atoms with E-state index in [4.69, 9.17) is 11.6 Å². The predicted octanol–water partition coefficient (Wildman–Crippen LogP) is 5.39. The first kappa shape index (κ1) is 21.2. The highest BCUT2D eigenvalue weighted by atomic mass is 35.5. The summed E-state index contributed by atoms with van der Waals surface area (Å²) in [5.74, 6) is -0.0613. The van der Waals surface area contributed by atoms with E-state index in [-0.39, 0.29) is 17.2 Å². The van der Waals surface area contributed by atoms with Crippen LogP contribution in [0.15, 0.2) is 76.7 Å². The number of hydrogen-bond acceptors (Lipinski definition) is 4. The number of nitrogens with zero attached hydrogens (tertiary/aromatic N) is 2. The van der Waals surface area contributed by atoms with Crippen molar-refractivity contribution in [2.45, 2.75) is 19.0 Å². The van der Waals surface area contributed by atoms with Crippen LogP contribution >= 0.6 is 23.4 Å². The lowest BCUT2D eigenvalue weighted by atomic mass is 10.2. The highest BCUT2D eigenvalue weighted by molar-refractivity contribution is 7.99. The van der Waals surface area contributed by atoms with Crippen LogP contribution < -0.4 is 10.9 Å². The normalized spacial score (nSPS) is 10.9. The molecule has 1 aromatic heterocycles. The van der Waals surface area contributed by atoms with Crippen LogP contribution in [-0.2, 0) is 4.79 Å². The van der Waals surface area contributed by atoms with E-state index in [1.54, 1.807) is 24.3 Å². The third kappa shape index (κ3) is 4.50. The van der Waals surface area contributed by atoms with Gasteiger partial charge in [-0.3, -0.25) is 14.2 Å². The summed E-state index contributed by atoms with van der Waals surface area (Å²) in [4.78, 5) is 30.5. The summed E-state index contributed by atoms with van der Waals surface area (Å²) < 4.78 is 1.51. The quantitative estimate of drug-likeness (QED) is 0.328. The van der Waals surface area contributed by atoms with E-state index >= 15 is 0 Å². The van der Waals surface area contributed by atoms with E-state index in [1.165, 1.54) is 16.3 Å². The van der Waals surface area contributed by atoms with Crippen molar-refractivity contribution < 1.29 is 4.79 Å². The number of carbonyl (C=O) groups is 1. The third-order valence-corrected chi connectivity index (χ3v) is 6.26. The van der Waals surface area contributed by atoms with Gasteiger partial charge in [0.05, 0.1) is 22.3 Å². The molecule has 0 unspecified atom stereocenters. The fourth-order valence-electron chi connectivity index (χ4n) is 3.19. The van der Waals surface area contributed by atoms with E-state index in [0.717, 1.165) is 16.8 Å². The standard InChI is InChI=1S/C24H20ClN3O2S/c1-15-11-12-17(13-19(15)25)28-23(30)18-8-4-6-10-21(18)27-24(28)31-14-22(29)26-20-9-5-3-7-16(20)2/h3-13H,14H2,1-2H3,(H,26,29). The first-order valence-electron chi connectivity index (χ1n) is 9.70. The van der Waals surface area contributed by atoms with Crippen LogP contribution in [-0.4, -0.2) is 21.2 Å². The van der Waals surface area contributed by atoms with E-state index < -0.39 is 0 Å². The zero-order valence-corrected chi connectivity index (χ0v) is 18.6. The van der Waals surface area contributed by atoms with E-state index in [0.29, 0.717) is 26.8 Å². The highest BCUT2D eigenvalue weighted by Crippen LogP contribution is 2.25. The topological polar surface area (TPSA) is 64.0 Å². The number of aromatic nitrogens is 2. The van der Waals surface area contributed by atoms with Gasteiger partial charge >= 0.3 is 0 Å². The molecule has 1 heterocycles. The highest BCUT2D eigenvalue weighted by Gasteiger charge is 2.16. The van der Waals surface area contributed by atoms with Crippen molar-refractivity contribution >= 4 is 45.9 Å². The summed E-state index contributed by atoms with van der Waals surface area (Å²) in [6.07, 6.45) is 0. The van der Waals surface area contributed by atoms with Crippen LogP contribution in [0.3, 0.4) is 0 Å². The largest absolute Gasteiger partial charge is 0.325 e. The SMILES string of the molecule is Cc1ccc(-n2c(SCC(=O)Nc3ccccc3C)nc3ccccc3c2=O)cc1Cl. The van der Waals surface area contributed by atoms with Crippen LogP contribution in [0.4, 0.5) is 5.69 Å². The van der Waals surface area contributed by atoms with Crippen molar-refractivity contribution in [3.63, 3.8) is 0 Å². The van der Waals surface area contributed by atoms with Crippen molar-refractivity contribution in [1.29, 1.82) is 0 Å². The molecule has 0 saturated heterocycles. The number of rotatable bonds is 5. The van der Waals surface area contributed by atoms with Gasteiger partial charge in [-0.05, 0) is 55.3 Å². The van der Waals surface area contributed by atoms with Gasteiger partial charge in [-0.25, -0.2) is 4.98 Å². The summed E-state index contributed by atoms with van der Waals surface area (Å²) in [6.45, 7) is 3.84. The number of benzene rings is 3. The Labute approximate surface area is 189 Å². The lowest BCUT2D eigenvalue weighted by Gasteiger charge is -2.14. The van der Waals surface area contributed by atoms with E-state index in [2.05, 4.69) is 10.3 Å².